The molecule has 3 aromatic rings. The monoisotopic (exact) mass is 289 g/mol. The van der Waals surface area contributed by atoms with Gasteiger partial charge in [-0.1, -0.05) is 17.7 Å². The molecule has 0 unspecified atom stereocenters. The van der Waals surface area contributed by atoms with Gasteiger partial charge in [0.25, 0.3) is 0 Å². The Bertz CT molecular complexity index is 766. The first-order valence-corrected chi connectivity index (χ1v) is 6.68. The molecule has 1 aromatic heterocycles. The molecule has 2 aromatic carbocycles. The standard InChI is InChI=1S/C16H13ClFNO/c17-14-2-3-15(18)13(8-14)9-19-6-5-12-7-11(10-20)1-4-16(12)19/h1-8,20H,9-10H2. The summed E-state index contributed by atoms with van der Waals surface area (Å²) in [5.74, 6) is -0.261. The number of benzene rings is 2. The minimum absolute atomic E-state index is 0.0179. The van der Waals surface area contributed by atoms with Crippen molar-refractivity contribution in [2.75, 3.05) is 0 Å². The van der Waals surface area contributed by atoms with Crippen molar-refractivity contribution < 1.29 is 9.50 Å². The fourth-order valence-electron chi connectivity index (χ4n) is 2.33. The van der Waals surface area contributed by atoms with Gasteiger partial charge in [-0.2, -0.15) is 0 Å². The van der Waals surface area contributed by atoms with E-state index in [0.717, 1.165) is 16.5 Å². The molecule has 1 heterocycles. The summed E-state index contributed by atoms with van der Waals surface area (Å²) in [6, 6.07) is 12.3. The van der Waals surface area contributed by atoms with Gasteiger partial charge in [0.05, 0.1) is 13.2 Å². The van der Waals surface area contributed by atoms with Gasteiger partial charge in [0.1, 0.15) is 5.82 Å². The van der Waals surface area contributed by atoms with Crippen LogP contribution in [0.4, 0.5) is 4.39 Å². The summed E-state index contributed by atoms with van der Waals surface area (Å²) in [7, 11) is 0. The van der Waals surface area contributed by atoms with Gasteiger partial charge in [-0.05, 0) is 47.3 Å². The van der Waals surface area contributed by atoms with Crippen molar-refractivity contribution in [2.24, 2.45) is 0 Å². The van der Waals surface area contributed by atoms with Crippen LogP contribution in [0, 0.1) is 5.82 Å². The summed E-state index contributed by atoms with van der Waals surface area (Å²) >= 11 is 5.91. The Kier molecular flexibility index (Phi) is 3.47. The zero-order chi connectivity index (χ0) is 14.1. The first-order chi connectivity index (χ1) is 9.67. The molecule has 1 N–H and O–H groups in total. The SMILES string of the molecule is OCc1ccc2c(ccn2Cc2cc(Cl)ccc2F)c1. The Balaban J connectivity index is 2.00. The van der Waals surface area contributed by atoms with Crippen LogP contribution in [0.15, 0.2) is 48.7 Å². The fourth-order valence-corrected chi connectivity index (χ4v) is 2.53. The highest BCUT2D eigenvalue weighted by molar-refractivity contribution is 6.30. The Labute approximate surface area is 121 Å². The maximum atomic E-state index is 13.8. The molecule has 0 radical (unpaired) electrons. The molecule has 0 atom stereocenters. The first-order valence-electron chi connectivity index (χ1n) is 6.30. The maximum absolute atomic E-state index is 13.8. The van der Waals surface area contributed by atoms with Gasteiger partial charge in [-0.25, -0.2) is 4.39 Å². The van der Waals surface area contributed by atoms with Gasteiger partial charge in [0.2, 0.25) is 0 Å². The highest BCUT2D eigenvalue weighted by atomic mass is 35.5. The van der Waals surface area contributed by atoms with Crippen molar-refractivity contribution in [1.29, 1.82) is 0 Å². The quantitative estimate of drug-likeness (QED) is 0.775. The number of aliphatic hydroxyl groups is 1. The van der Waals surface area contributed by atoms with E-state index < -0.39 is 0 Å². The summed E-state index contributed by atoms with van der Waals surface area (Å²) in [6.07, 6.45) is 1.91. The first kappa shape index (κ1) is 13.2. The third-order valence-electron chi connectivity index (χ3n) is 3.37. The molecule has 2 nitrogen and oxygen atoms in total. The van der Waals surface area contributed by atoms with Gasteiger partial charge >= 0.3 is 0 Å². The molecule has 0 bridgehead atoms. The van der Waals surface area contributed by atoms with E-state index in [2.05, 4.69) is 0 Å². The van der Waals surface area contributed by atoms with Crippen LogP contribution in [0.5, 0.6) is 0 Å². The zero-order valence-electron chi connectivity index (χ0n) is 10.7. The lowest BCUT2D eigenvalue weighted by atomic mass is 10.1. The van der Waals surface area contributed by atoms with Crippen LogP contribution in [0.3, 0.4) is 0 Å². The van der Waals surface area contributed by atoms with E-state index in [-0.39, 0.29) is 12.4 Å². The predicted octanol–water partition coefficient (Wildman–Crippen LogP) is 3.97. The van der Waals surface area contributed by atoms with Crippen LogP contribution in [0.2, 0.25) is 5.02 Å². The third kappa shape index (κ3) is 2.42. The number of aliphatic hydroxyl groups excluding tert-OH is 1. The van der Waals surface area contributed by atoms with Crippen LogP contribution in [0.25, 0.3) is 10.9 Å². The Morgan fingerprint density at radius 1 is 1.10 bits per heavy atom. The number of rotatable bonds is 3. The Morgan fingerprint density at radius 3 is 2.75 bits per heavy atom. The van der Waals surface area contributed by atoms with Gasteiger partial charge in [0, 0.05) is 22.3 Å². The molecule has 0 fully saturated rings. The van der Waals surface area contributed by atoms with Crippen molar-refractivity contribution >= 4 is 22.5 Å². The van der Waals surface area contributed by atoms with E-state index >= 15 is 0 Å². The zero-order valence-corrected chi connectivity index (χ0v) is 11.4. The molecule has 0 saturated carbocycles. The fraction of sp³-hybridized carbons (Fsp3) is 0.125. The average Bonchev–Trinajstić information content (AvgIpc) is 2.85. The molecule has 0 saturated heterocycles. The average molecular weight is 290 g/mol. The lowest BCUT2D eigenvalue weighted by Gasteiger charge is -2.08. The van der Waals surface area contributed by atoms with Gasteiger partial charge < -0.3 is 9.67 Å². The minimum atomic E-state index is -0.261. The topological polar surface area (TPSA) is 25.2 Å². The molecule has 0 aliphatic rings. The van der Waals surface area contributed by atoms with E-state index in [9.17, 15) is 4.39 Å². The number of halogens is 2. The van der Waals surface area contributed by atoms with E-state index in [1.165, 1.54) is 6.07 Å². The second-order valence-electron chi connectivity index (χ2n) is 4.73. The minimum Gasteiger partial charge on any atom is -0.392 e. The van der Waals surface area contributed by atoms with Crippen LogP contribution in [-0.2, 0) is 13.2 Å². The Morgan fingerprint density at radius 2 is 1.95 bits per heavy atom. The third-order valence-corrected chi connectivity index (χ3v) is 3.60. The van der Waals surface area contributed by atoms with E-state index in [1.54, 1.807) is 12.1 Å². The molecule has 0 amide bonds. The molecule has 102 valence electrons. The predicted molar refractivity (Wildman–Crippen MR) is 78.4 cm³/mol. The molecule has 0 spiro atoms. The van der Waals surface area contributed by atoms with Crippen LogP contribution in [-0.4, -0.2) is 9.67 Å². The highest BCUT2D eigenvalue weighted by Crippen LogP contribution is 2.21. The lowest BCUT2D eigenvalue weighted by Crippen LogP contribution is -2.00. The summed E-state index contributed by atoms with van der Waals surface area (Å²) in [6.45, 7) is 0.443. The van der Waals surface area contributed by atoms with Crippen LogP contribution < -0.4 is 0 Å². The molecule has 0 aliphatic heterocycles. The number of aromatic nitrogens is 1. The second-order valence-corrected chi connectivity index (χ2v) is 5.17. The second kappa shape index (κ2) is 5.27. The molecular weight excluding hydrogens is 277 g/mol. The Hall–Kier alpha value is -1.84. The molecule has 0 aliphatic carbocycles. The van der Waals surface area contributed by atoms with Crippen molar-refractivity contribution in [2.45, 2.75) is 13.2 Å². The van der Waals surface area contributed by atoms with Gasteiger partial charge in [-0.15, -0.1) is 0 Å². The summed E-state index contributed by atoms with van der Waals surface area (Å²) in [5.41, 5.74) is 2.42. The summed E-state index contributed by atoms with van der Waals surface area (Å²) < 4.78 is 15.7. The van der Waals surface area contributed by atoms with Crippen molar-refractivity contribution in [3.63, 3.8) is 0 Å². The van der Waals surface area contributed by atoms with Gasteiger partial charge in [-0.3, -0.25) is 0 Å². The highest BCUT2D eigenvalue weighted by Gasteiger charge is 2.07. The lowest BCUT2D eigenvalue weighted by molar-refractivity contribution is 0.282. The molecule has 3 rings (SSSR count). The molecule has 4 heteroatoms. The largest absolute Gasteiger partial charge is 0.392 e. The van der Waals surface area contributed by atoms with E-state index in [0.29, 0.717) is 17.1 Å². The normalized spacial score (nSPS) is 11.2. The molecule has 20 heavy (non-hydrogen) atoms. The number of hydrogen-bond acceptors (Lipinski definition) is 1. The number of hydrogen-bond donors (Lipinski definition) is 1. The van der Waals surface area contributed by atoms with Crippen molar-refractivity contribution in [3.8, 4) is 0 Å². The molecular formula is C16H13ClFNO. The van der Waals surface area contributed by atoms with E-state index in [1.807, 2.05) is 35.0 Å². The number of nitrogens with zero attached hydrogens (tertiary/aromatic N) is 1. The van der Waals surface area contributed by atoms with Crippen molar-refractivity contribution in [1.82, 2.24) is 4.57 Å². The van der Waals surface area contributed by atoms with E-state index in [4.69, 9.17) is 16.7 Å². The smallest absolute Gasteiger partial charge is 0.128 e. The van der Waals surface area contributed by atoms with Crippen molar-refractivity contribution in [3.05, 3.63) is 70.6 Å². The summed E-state index contributed by atoms with van der Waals surface area (Å²) in [5, 5.41) is 10.7. The van der Waals surface area contributed by atoms with Crippen LogP contribution in [0.1, 0.15) is 11.1 Å². The number of fused-ring (bicyclic) bond motifs is 1. The maximum Gasteiger partial charge on any atom is 0.128 e. The van der Waals surface area contributed by atoms with Gasteiger partial charge in [0.15, 0.2) is 0 Å². The summed E-state index contributed by atoms with van der Waals surface area (Å²) in [4.78, 5) is 0. The van der Waals surface area contributed by atoms with Crippen LogP contribution >= 0.6 is 11.6 Å².